The Balaban J connectivity index is 1.36. The van der Waals surface area contributed by atoms with E-state index in [1.54, 1.807) is 6.92 Å². The number of ether oxygens (including phenoxy) is 1. The van der Waals surface area contributed by atoms with E-state index in [2.05, 4.69) is 30.0 Å². The first-order valence-electron chi connectivity index (χ1n) is 10.7. The Hall–Kier alpha value is -3.53. The van der Waals surface area contributed by atoms with Crippen LogP contribution in [-0.2, 0) is 6.18 Å². The van der Waals surface area contributed by atoms with Crippen LogP contribution in [0.4, 0.5) is 42.8 Å². The molecule has 3 aromatic heterocycles. The Labute approximate surface area is 210 Å². The fourth-order valence-electron chi connectivity index (χ4n) is 3.56. The van der Waals surface area contributed by atoms with Gasteiger partial charge in [0.1, 0.15) is 16.9 Å². The van der Waals surface area contributed by atoms with E-state index in [1.807, 2.05) is 0 Å². The summed E-state index contributed by atoms with van der Waals surface area (Å²) in [5.74, 6) is -0.356. The van der Waals surface area contributed by atoms with E-state index in [4.69, 9.17) is 4.74 Å². The van der Waals surface area contributed by atoms with Gasteiger partial charge in [-0.2, -0.15) is 30.7 Å². The third-order valence-electron chi connectivity index (χ3n) is 5.19. The Morgan fingerprint density at radius 1 is 1.14 bits per heavy atom. The minimum absolute atomic E-state index is 0.00502. The maximum atomic E-state index is 12.9. The summed E-state index contributed by atoms with van der Waals surface area (Å²) >= 11 is 0.921. The van der Waals surface area contributed by atoms with Crippen LogP contribution in [0.25, 0.3) is 0 Å². The van der Waals surface area contributed by atoms with E-state index in [0.29, 0.717) is 24.0 Å². The molecule has 4 heterocycles. The van der Waals surface area contributed by atoms with E-state index >= 15 is 0 Å². The van der Waals surface area contributed by atoms with E-state index < -0.39 is 36.6 Å². The molecule has 1 amide bonds. The number of amides is 1. The highest BCUT2D eigenvalue weighted by Crippen LogP contribution is 2.30. The third kappa shape index (κ3) is 7.03. The summed E-state index contributed by atoms with van der Waals surface area (Å²) in [4.78, 5) is 25.2. The second kappa shape index (κ2) is 10.5. The summed E-state index contributed by atoms with van der Waals surface area (Å²) in [6.07, 6.45) is -6.10. The van der Waals surface area contributed by atoms with Gasteiger partial charge in [0.25, 0.3) is 5.91 Å². The molecule has 0 aromatic carbocycles. The molecule has 1 aliphatic rings. The first-order chi connectivity index (χ1) is 17.4. The third-order valence-corrected chi connectivity index (χ3v) is 6.04. The first kappa shape index (κ1) is 26.5. The predicted octanol–water partition coefficient (Wildman–Crippen LogP) is 4.67. The van der Waals surface area contributed by atoms with Crippen LogP contribution in [0.15, 0.2) is 30.7 Å². The Morgan fingerprint density at radius 3 is 2.54 bits per heavy atom. The number of pyridine rings is 1. The van der Waals surface area contributed by atoms with Crippen molar-refractivity contribution in [1.29, 1.82) is 0 Å². The van der Waals surface area contributed by atoms with Crippen molar-refractivity contribution in [3.8, 4) is 5.88 Å². The predicted molar refractivity (Wildman–Crippen MR) is 121 cm³/mol. The number of aromatic nitrogens is 4. The summed E-state index contributed by atoms with van der Waals surface area (Å²) in [6.45, 7) is 0.988. The quantitative estimate of drug-likeness (QED) is 0.412. The Morgan fingerprint density at radius 2 is 1.92 bits per heavy atom. The van der Waals surface area contributed by atoms with Crippen molar-refractivity contribution >= 4 is 33.9 Å². The molecule has 0 aliphatic carbocycles. The number of aryl methyl sites for hydroxylation is 1. The molecule has 0 unspecified atom stereocenters. The number of hydrogen-bond acceptors (Lipinski definition) is 9. The van der Waals surface area contributed by atoms with Crippen LogP contribution in [0, 0.1) is 6.92 Å². The second-order valence-corrected chi connectivity index (χ2v) is 8.87. The lowest BCUT2D eigenvalue weighted by Crippen LogP contribution is -2.33. The highest BCUT2D eigenvalue weighted by molar-refractivity contribution is 7.10. The molecule has 0 radical (unpaired) electrons. The van der Waals surface area contributed by atoms with Gasteiger partial charge in [-0.1, -0.05) is 0 Å². The van der Waals surface area contributed by atoms with Gasteiger partial charge in [0, 0.05) is 19.2 Å². The van der Waals surface area contributed by atoms with Crippen LogP contribution >= 0.6 is 11.5 Å². The normalized spacial score (nSPS) is 16.6. The van der Waals surface area contributed by atoms with E-state index in [1.165, 1.54) is 23.2 Å². The van der Waals surface area contributed by atoms with Gasteiger partial charge in [0.05, 0.1) is 42.1 Å². The van der Waals surface area contributed by atoms with Crippen molar-refractivity contribution in [1.82, 2.24) is 24.2 Å². The number of alkyl halides is 6. The number of carbonyl (C=O) groups excluding carboxylic acids is 1. The maximum Gasteiger partial charge on any atom is 0.434 e. The SMILES string of the molecule is Cc1nsc(Nc2cnc(C(F)(F)F)cn2)c1C(=O)Nc1ccc(O[C@@H]2CCN(CC(F)(F)F)C2)nc1. The molecule has 1 aliphatic heterocycles. The zero-order valence-corrected chi connectivity index (χ0v) is 19.8. The van der Waals surface area contributed by atoms with Gasteiger partial charge in [-0.25, -0.2) is 15.0 Å². The topological polar surface area (TPSA) is 105 Å². The van der Waals surface area contributed by atoms with E-state index in [0.717, 1.165) is 17.7 Å². The number of likely N-dealkylation sites (tertiary alicyclic amines) is 1. The molecule has 0 bridgehead atoms. The molecule has 3 aromatic rings. The van der Waals surface area contributed by atoms with Gasteiger partial charge < -0.3 is 15.4 Å². The van der Waals surface area contributed by atoms with Crippen LogP contribution in [0.5, 0.6) is 5.88 Å². The van der Waals surface area contributed by atoms with Crippen molar-refractivity contribution in [3.63, 3.8) is 0 Å². The van der Waals surface area contributed by atoms with Crippen LogP contribution < -0.4 is 15.4 Å². The lowest BCUT2D eigenvalue weighted by molar-refractivity contribution is -0.144. The van der Waals surface area contributed by atoms with Crippen LogP contribution in [0.1, 0.15) is 28.2 Å². The summed E-state index contributed by atoms with van der Waals surface area (Å²) in [7, 11) is 0. The van der Waals surface area contributed by atoms with Gasteiger partial charge in [0.15, 0.2) is 5.69 Å². The molecule has 2 N–H and O–H groups in total. The van der Waals surface area contributed by atoms with Gasteiger partial charge >= 0.3 is 12.4 Å². The number of nitrogens with one attached hydrogen (secondary N) is 2. The van der Waals surface area contributed by atoms with Gasteiger partial charge in [-0.3, -0.25) is 9.69 Å². The highest BCUT2D eigenvalue weighted by Gasteiger charge is 2.35. The largest absolute Gasteiger partial charge is 0.473 e. The molecule has 0 spiro atoms. The fraction of sp³-hybridized carbons (Fsp3) is 0.381. The highest BCUT2D eigenvalue weighted by atomic mass is 32.1. The smallest absolute Gasteiger partial charge is 0.434 e. The van der Waals surface area contributed by atoms with Crippen molar-refractivity contribution < 1.29 is 35.9 Å². The Bertz CT molecular complexity index is 1230. The number of halogens is 6. The van der Waals surface area contributed by atoms with Crippen LogP contribution in [-0.4, -0.2) is 62.0 Å². The number of anilines is 3. The molecule has 1 saturated heterocycles. The monoisotopic (exact) mass is 547 g/mol. The first-order valence-corrected chi connectivity index (χ1v) is 11.5. The van der Waals surface area contributed by atoms with Crippen LogP contribution in [0.2, 0.25) is 0 Å². The molecule has 4 rings (SSSR count). The van der Waals surface area contributed by atoms with Gasteiger partial charge in [-0.15, -0.1) is 0 Å². The molecular formula is C21H19F6N7O2S. The van der Waals surface area contributed by atoms with E-state index in [9.17, 15) is 31.1 Å². The molecule has 16 heteroatoms. The summed E-state index contributed by atoms with van der Waals surface area (Å²) in [5.41, 5.74) is -0.304. The van der Waals surface area contributed by atoms with E-state index in [-0.39, 0.29) is 35.4 Å². The minimum Gasteiger partial charge on any atom is -0.473 e. The molecular weight excluding hydrogens is 528 g/mol. The lowest BCUT2D eigenvalue weighted by Gasteiger charge is -2.18. The molecule has 1 fully saturated rings. The maximum absolute atomic E-state index is 12.9. The second-order valence-electron chi connectivity index (χ2n) is 8.10. The van der Waals surface area contributed by atoms with Gasteiger partial charge in [0.2, 0.25) is 5.88 Å². The molecule has 9 nitrogen and oxygen atoms in total. The standard InChI is InChI=1S/C21H19F6N7O2S/c1-11-17(19(37-33-11)32-15-8-28-14(7-29-15)21(25,26)27)18(35)31-12-2-3-16(30-6-12)36-13-4-5-34(9-13)10-20(22,23)24/h2-3,6-8,13H,4-5,9-10H2,1H3,(H,29,32)(H,31,35)/t13-/m1/s1. The fourth-order valence-corrected chi connectivity index (χ4v) is 4.36. The number of rotatable bonds is 7. The lowest BCUT2D eigenvalue weighted by atomic mass is 10.2. The summed E-state index contributed by atoms with van der Waals surface area (Å²) in [5, 5.41) is 5.65. The molecule has 198 valence electrons. The molecule has 1 atom stereocenters. The number of nitrogens with zero attached hydrogens (tertiary/aromatic N) is 5. The minimum atomic E-state index is -4.63. The number of hydrogen-bond donors (Lipinski definition) is 2. The zero-order valence-electron chi connectivity index (χ0n) is 19.0. The van der Waals surface area contributed by atoms with Crippen molar-refractivity contribution in [2.24, 2.45) is 0 Å². The molecule has 0 saturated carbocycles. The Kier molecular flexibility index (Phi) is 7.49. The van der Waals surface area contributed by atoms with Crippen molar-refractivity contribution in [2.45, 2.75) is 31.8 Å². The van der Waals surface area contributed by atoms with Gasteiger partial charge in [-0.05, 0) is 30.9 Å². The summed E-state index contributed by atoms with van der Waals surface area (Å²) in [6, 6.07) is 3.00. The van der Waals surface area contributed by atoms with Crippen LogP contribution in [0.3, 0.4) is 0 Å². The summed E-state index contributed by atoms with van der Waals surface area (Å²) < 4.78 is 85.5. The molecule has 37 heavy (non-hydrogen) atoms. The van der Waals surface area contributed by atoms with Crippen molar-refractivity contribution in [3.05, 3.63) is 47.7 Å². The number of carbonyl (C=O) groups is 1. The zero-order chi connectivity index (χ0) is 26.8. The average Bonchev–Trinajstić information content (AvgIpc) is 3.39. The average molecular weight is 547 g/mol. The van der Waals surface area contributed by atoms with Crippen molar-refractivity contribution in [2.75, 3.05) is 30.3 Å².